The third-order valence-corrected chi connectivity index (χ3v) is 4.90. The summed E-state index contributed by atoms with van der Waals surface area (Å²) in [5.74, 6) is 0.111. The lowest BCUT2D eigenvalue weighted by Crippen LogP contribution is -2.19. The molecule has 7 heteroatoms. The fourth-order valence-electron chi connectivity index (χ4n) is 2.76. The highest BCUT2D eigenvalue weighted by Crippen LogP contribution is 2.19. The van der Waals surface area contributed by atoms with E-state index in [-0.39, 0.29) is 11.7 Å². The average molecular weight is 366 g/mol. The van der Waals surface area contributed by atoms with Crippen molar-refractivity contribution >= 4 is 40.0 Å². The number of nitrogens with zero attached hydrogens (tertiary/aromatic N) is 3. The summed E-state index contributed by atoms with van der Waals surface area (Å²) in [5.41, 5.74) is 2.52. The number of halogens is 1. The van der Waals surface area contributed by atoms with Crippen LogP contribution in [-0.4, -0.2) is 27.6 Å². The monoisotopic (exact) mass is 366 g/mol. The lowest BCUT2D eigenvalue weighted by molar-refractivity contribution is -0.116. The fourth-order valence-corrected chi connectivity index (χ4v) is 3.39. The number of hydrogen-bond acceptors (Lipinski definition) is 4. The first-order chi connectivity index (χ1) is 12.7. The molecule has 1 aromatic heterocycles. The number of benzene rings is 2. The molecule has 1 aliphatic rings. The molecule has 1 amide bonds. The van der Waals surface area contributed by atoms with E-state index in [2.05, 4.69) is 15.5 Å². The average Bonchev–Trinajstić information content (AvgIpc) is 3.23. The van der Waals surface area contributed by atoms with Gasteiger partial charge in [-0.2, -0.15) is 5.10 Å². The molecule has 2 aromatic carbocycles. The molecule has 1 fully saturated rings. The summed E-state index contributed by atoms with van der Waals surface area (Å²) in [4.78, 5) is 11.1. The lowest BCUT2D eigenvalue weighted by Gasteiger charge is -2.07. The Morgan fingerprint density at radius 2 is 2.12 bits per heavy atom. The van der Waals surface area contributed by atoms with Gasteiger partial charge in [0.1, 0.15) is 5.82 Å². The first-order valence-electron chi connectivity index (χ1n) is 8.05. The van der Waals surface area contributed by atoms with Crippen LogP contribution in [0.15, 0.2) is 64.9 Å². The van der Waals surface area contributed by atoms with Crippen molar-refractivity contribution in [1.29, 1.82) is 0 Å². The second kappa shape index (κ2) is 7.13. The van der Waals surface area contributed by atoms with Gasteiger partial charge >= 0.3 is 0 Å². The smallest absolute Gasteiger partial charge is 0.236 e. The molecule has 130 valence electrons. The van der Waals surface area contributed by atoms with Crippen molar-refractivity contribution in [1.82, 2.24) is 9.88 Å². The van der Waals surface area contributed by atoms with E-state index in [1.165, 1.54) is 17.8 Å². The zero-order chi connectivity index (χ0) is 17.9. The van der Waals surface area contributed by atoms with Gasteiger partial charge in [-0.15, -0.1) is 5.10 Å². The van der Waals surface area contributed by atoms with Gasteiger partial charge in [0, 0.05) is 17.3 Å². The van der Waals surface area contributed by atoms with Gasteiger partial charge in [0.25, 0.3) is 0 Å². The quantitative estimate of drug-likeness (QED) is 0.568. The molecule has 3 aromatic rings. The minimum atomic E-state index is -0.209. The maximum atomic E-state index is 13.9. The van der Waals surface area contributed by atoms with Crippen molar-refractivity contribution in [2.45, 2.75) is 6.54 Å². The zero-order valence-corrected chi connectivity index (χ0v) is 14.5. The van der Waals surface area contributed by atoms with Gasteiger partial charge in [0.15, 0.2) is 5.17 Å². The predicted octanol–water partition coefficient (Wildman–Crippen LogP) is 3.38. The maximum absolute atomic E-state index is 13.9. The number of fused-ring (bicyclic) bond motifs is 1. The second-order valence-corrected chi connectivity index (χ2v) is 6.80. The molecule has 0 unspecified atom stereocenters. The van der Waals surface area contributed by atoms with Crippen LogP contribution in [0.2, 0.25) is 0 Å². The van der Waals surface area contributed by atoms with Crippen LogP contribution in [0.4, 0.5) is 4.39 Å². The Labute approximate surface area is 153 Å². The highest BCUT2D eigenvalue weighted by atomic mass is 32.2. The molecule has 0 aliphatic carbocycles. The first kappa shape index (κ1) is 16.5. The molecule has 5 nitrogen and oxygen atoms in total. The van der Waals surface area contributed by atoms with Crippen molar-refractivity contribution < 1.29 is 9.18 Å². The van der Waals surface area contributed by atoms with Crippen LogP contribution in [0, 0.1) is 5.82 Å². The van der Waals surface area contributed by atoms with Gasteiger partial charge in [-0.3, -0.25) is 4.79 Å². The van der Waals surface area contributed by atoms with Crippen LogP contribution >= 0.6 is 11.8 Å². The number of amidine groups is 1. The van der Waals surface area contributed by atoms with Gasteiger partial charge in [-0.05, 0) is 29.1 Å². The van der Waals surface area contributed by atoms with E-state index in [4.69, 9.17) is 0 Å². The van der Waals surface area contributed by atoms with E-state index in [0.29, 0.717) is 23.0 Å². The van der Waals surface area contributed by atoms with Crippen molar-refractivity contribution in [3.05, 3.63) is 71.7 Å². The van der Waals surface area contributed by atoms with E-state index in [0.717, 1.165) is 16.5 Å². The predicted molar refractivity (Wildman–Crippen MR) is 103 cm³/mol. The van der Waals surface area contributed by atoms with E-state index in [9.17, 15) is 9.18 Å². The van der Waals surface area contributed by atoms with E-state index in [1.807, 2.05) is 41.1 Å². The van der Waals surface area contributed by atoms with Crippen molar-refractivity contribution in [2.75, 3.05) is 5.75 Å². The molecule has 0 spiro atoms. The minimum Gasteiger partial charge on any atom is -0.343 e. The Hall–Kier alpha value is -2.93. The molecule has 0 saturated carbocycles. The second-order valence-electron chi connectivity index (χ2n) is 5.84. The van der Waals surface area contributed by atoms with E-state index < -0.39 is 0 Å². The van der Waals surface area contributed by atoms with Crippen molar-refractivity contribution in [3.8, 4) is 0 Å². The Bertz CT molecular complexity index is 1040. The van der Waals surface area contributed by atoms with Crippen LogP contribution in [0.25, 0.3) is 10.9 Å². The van der Waals surface area contributed by atoms with E-state index in [1.54, 1.807) is 18.3 Å². The molecule has 0 atom stereocenters. The summed E-state index contributed by atoms with van der Waals surface area (Å²) in [6.45, 7) is 0.460. The topological polar surface area (TPSA) is 58.8 Å². The van der Waals surface area contributed by atoms with Crippen LogP contribution in [0.1, 0.15) is 11.1 Å². The number of amides is 1. The molecule has 1 aliphatic heterocycles. The Morgan fingerprint density at radius 3 is 2.92 bits per heavy atom. The van der Waals surface area contributed by atoms with Crippen LogP contribution in [-0.2, 0) is 11.3 Å². The normalized spacial score (nSPS) is 16.0. The Balaban J connectivity index is 1.58. The van der Waals surface area contributed by atoms with Gasteiger partial charge in [0.05, 0.1) is 18.5 Å². The van der Waals surface area contributed by atoms with Crippen molar-refractivity contribution in [2.24, 2.45) is 10.2 Å². The summed E-state index contributed by atoms with van der Waals surface area (Å²) in [6.07, 6.45) is 3.58. The fraction of sp³-hybridized carbons (Fsp3) is 0.105. The summed E-state index contributed by atoms with van der Waals surface area (Å²) in [6, 6.07) is 14.7. The molecule has 0 bridgehead atoms. The largest absolute Gasteiger partial charge is 0.343 e. The molecule has 2 heterocycles. The number of thioether (sulfide) groups is 1. The maximum Gasteiger partial charge on any atom is 0.236 e. The molecule has 4 rings (SSSR count). The molecule has 1 N–H and O–H groups in total. The number of carbonyl (C=O) groups is 1. The summed E-state index contributed by atoms with van der Waals surface area (Å²) in [5, 5.41) is 12.2. The minimum absolute atomic E-state index is 0.0589. The zero-order valence-electron chi connectivity index (χ0n) is 13.7. The van der Waals surface area contributed by atoms with Crippen LogP contribution in [0.3, 0.4) is 0 Å². The van der Waals surface area contributed by atoms with Gasteiger partial charge in [-0.1, -0.05) is 42.1 Å². The SMILES string of the molecule is O=C1CSC(=NN=Cc2ccc3ccn(Cc4ccccc4F)c3c2)N1. The third kappa shape index (κ3) is 3.52. The van der Waals surface area contributed by atoms with Gasteiger partial charge < -0.3 is 9.88 Å². The van der Waals surface area contributed by atoms with Crippen molar-refractivity contribution in [3.63, 3.8) is 0 Å². The first-order valence-corrected chi connectivity index (χ1v) is 9.03. The van der Waals surface area contributed by atoms with Crippen LogP contribution in [0.5, 0.6) is 0 Å². The molecule has 26 heavy (non-hydrogen) atoms. The number of hydrogen-bond donors (Lipinski definition) is 1. The molecular formula is C19H15FN4OS. The summed E-state index contributed by atoms with van der Waals surface area (Å²) < 4.78 is 15.9. The third-order valence-electron chi connectivity index (χ3n) is 4.04. The Morgan fingerprint density at radius 1 is 1.23 bits per heavy atom. The highest BCUT2D eigenvalue weighted by Gasteiger charge is 2.15. The summed E-state index contributed by atoms with van der Waals surface area (Å²) >= 11 is 1.33. The highest BCUT2D eigenvalue weighted by molar-refractivity contribution is 8.15. The number of nitrogens with one attached hydrogen (secondary N) is 1. The number of rotatable bonds is 4. The molecular weight excluding hydrogens is 351 g/mol. The van der Waals surface area contributed by atoms with Gasteiger partial charge in [0.2, 0.25) is 5.91 Å². The van der Waals surface area contributed by atoms with E-state index >= 15 is 0 Å². The Kier molecular flexibility index (Phi) is 4.53. The van der Waals surface area contributed by atoms with Crippen LogP contribution < -0.4 is 5.32 Å². The number of aromatic nitrogens is 1. The standard InChI is InChI=1S/C19H15FN4OS/c20-16-4-2-1-3-15(16)11-24-8-7-14-6-5-13(9-17(14)24)10-21-23-19-22-18(25)12-26-19/h1-10H,11-12H2,(H,22,23,25). The molecule has 0 radical (unpaired) electrons. The van der Waals surface area contributed by atoms with Gasteiger partial charge in [-0.25, -0.2) is 4.39 Å². The molecule has 1 saturated heterocycles. The number of carbonyl (C=O) groups excluding carboxylic acids is 1. The summed E-state index contributed by atoms with van der Waals surface area (Å²) in [7, 11) is 0. The lowest BCUT2D eigenvalue weighted by atomic mass is 10.1.